The smallest absolute Gasteiger partial charge is 0.167 e. The van der Waals surface area contributed by atoms with E-state index in [4.69, 9.17) is 15.7 Å². The molecule has 5 heteroatoms. The van der Waals surface area contributed by atoms with Crippen molar-refractivity contribution in [3.63, 3.8) is 0 Å². The van der Waals surface area contributed by atoms with Gasteiger partial charge in [-0.2, -0.15) is 5.26 Å². The Kier molecular flexibility index (Phi) is 5.43. The molecule has 0 aliphatic rings. The molecule has 104 valence electrons. The summed E-state index contributed by atoms with van der Waals surface area (Å²) in [6, 6.07) is 5.05. The van der Waals surface area contributed by atoms with Gasteiger partial charge in [-0.3, -0.25) is 0 Å². The number of benzene rings is 1. The molecule has 0 heterocycles. The van der Waals surface area contributed by atoms with Gasteiger partial charge in [0.25, 0.3) is 0 Å². The van der Waals surface area contributed by atoms with Gasteiger partial charge in [0.15, 0.2) is 11.6 Å². The molecule has 0 aliphatic carbocycles. The molecule has 0 amide bonds. The van der Waals surface area contributed by atoms with Crippen LogP contribution in [0.25, 0.3) is 0 Å². The van der Waals surface area contributed by atoms with E-state index in [1.54, 1.807) is 13.0 Å². The lowest BCUT2D eigenvalue weighted by Gasteiger charge is -2.26. The zero-order valence-electron chi connectivity index (χ0n) is 11.6. The van der Waals surface area contributed by atoms with Gasteiger partial charge < -0.3 is 15.4 Å². The lowest BCUT2D eigenvalue weighted by Crippen LogP contribution is -2.28. The molecule has 0 aliphatic heterocycles. The second-order valence-electron chi connectivity index (χ2n) is 4.34. The highest BCUT2D eigenvalue weighted by Crippen LogP contribution is 2.31. The highest BCUT2D eigenvalue weighted by Gasteiger charge is 2.15. The molecule has 0 spiro atoms. The van der Waals surface area contributed by atoms with Gasteiger partial charge in [0.2, 0.25) is 0 Å². The first-order chi connectivity index (χ1) is 9.03. The average Bonchev–Trinajstić information content (AvgIpc) is 2.39. The molecule has 1 rings (SSSR count). The van der Waals surface area contributed by atoms with Crippen LogP contribution in [0.15, 0.2) is 12.1 Å². The van der Waals surface area contributed by atoms with E-state index in [1.165, 1.54) is 6.07 Å². The van der Waals surface area contributed by atoms with E-state index >= 15 is 0 Å². The molecule has 2 N–H and O–H groups in total. The zero-order chi connectivity index (χ0) is 14.4. The Morgan fingerprint density at radius 1 is 1.47 bits per heavy atom. The van der Waals surface area contributed by atoms with Gasteiger partial charge in [-0.1, -0.05) is 0 Å². The number of nitrogens with zero attached hydrogens (tertiary/aromatic N) is 2. The minimum atomic E-state index is -0.465. The molecule has 1 aromatic carbocycles. The SMILES string of the molecule is CCOc1cc(N(CC)CC(C)C#N)c(N)cc1F. The molecule has 0 saturated heterocycles. The van der Waals surface area contributed by atoms with Gasteiger partial charge in [-0.25, -0.2) is 4.39 Å². The van der Waals surface area contributed by atoms with Gasteiger partial charge in [-0.15, -0.1) is 0 Å². The fraction of sp³-hybridized carbons (Fsp3) is 0.500. The summed E-state index contributed by atoms with van der Waals surface area (Å²) < 4.78 is 18.9. The topological polar surface area (TPSA) is 62.3 Å². The molecule has 0 radical (unpaired) electrons. The van der Waals surface area contributed by atoms with E-state index in [2.05, 4.69) is 6.07 Å². The number of rotatable bonds is 6. The van der Waals surface area contributed by atoms with Crippen LogP contribution in [-0.2, 0) is 0 Å². The summed E-state index contributed by atoms with van der Waals surface area (Å²) >= 11 is 0. The van der Waals surface area contributed by atoms with Crippen molar-refractivity contribution in [3.05, 3.63) is 17.9 Å². The summed E-state index contributed by atoms with van der Waals surface area (Å²) in [6.45, 7) is 7.23. The lowest BCUT2D eigenvalue weighted by molar-refractivity contribution is 0.321. The van der Waals surface area contributed by atoms with Crippen LogP contribution in [0.4, 0.5) is 15.8 Å². The fourth-order valence-corrected chi connectivity index (χ4v) is 1.87. The van der Waals surface area contributed by atoms with Crippen LogP contribution in [0, 0.1) is 23.1 Å². The number of hydrogen-bond acceptors (Lipinski definition) is 4. The third-order valence-corrected chi connectivity index (χ3v) is 2.82. The van der Waals surface area contributed by atoms with E-state index in [-0.39, 0.29) is 11.7 Å². The van der Waals surface area contributed by atoms with Gasteiger partial charge in [-0.05, 0) is 20.8 Å². The number of halogens is 1. The summed E-state index contributed by atoms with van der Waals surface area (Å²) in [5.74, 6) is -0.401. The normalized spacial score (nSPS) is 11.7. The Bertz CT molecular complexity index is 470. The maximum Gasteiger partial charge on any atom is 0.167 e. The van der Waals surface area contributed by atoms with Crippen LogP contribution in [0.3, 0.4) is 0 Å². The van der Waals surface area contributed by atoms with E-state index in [0.717, 1.165) is 0 Å². The fourth-order valence-electron chi connectivity index (χ4n) is 1.87. The van der Waals surface area contributed by atoms with E-state index in [0.29, 0.717) is 31.1 Å². The highest BCUT2D eigenvalue weighted by atomic mass is 19.1. The summed E-state index contributed by atoms with van der Waals surface area (Å²) in [6.07, 6.45) is 0. The van der Waals surface area contributed by atoms with Gasteiger partial charge >= 0.3 is 0 Å². The van der Waals surface area contributed by atoms with Crippen LogP contribution >= 0.6 is 0 Å². The number of nitrogens with two attached hydrogens (primary N) is 1. The molecule has 0 bridgehead atoms. The van der Waals surface area contributed by atoms with Crippen molar-refractivity contribution in [1.82, 2.24) is 0 Å². The standard InChI is InChI=1S/C14H20FN3O/c1-4-18(9-10(3)8-16)13-7-14(19-5-2)11(15)6-12(13)17/h6-7,10H,4-5,9,17H2,1-3H3. The van der Waals surface area contributed by atoms with Gasteiger partial charge in [0, 0.05) is 25.2 Å². The van der Waals surface area contributed by atoms with Crippen LogP contribution in [0.2, 0.25) is 0 Å². The van der Waals surface area contributed by atoms with E-state index < -0.39 is 5.82 Å². The molecule has 1 atom stereocenters. The molecular weight excluding hydrogens is 245 g/mol. The Hall–Kier alpha value is -1.96. The molecule has 0 aromatic heterocycles. The Morgan fingerprint density at radius 2 is 2.16 bits per heavy atom. The molecule has 0 saturated carbocycles. The van der Waals surface area contributed by atoms with Crippen molar-refractivity contribution in [2.45, 2.75) is 20.8 Å². The molecule has 1 aromatic rings. The number of anilines is 2. The van der Waals surface area contributed by atoms with E-state index in [9.17, 15) is 4.39 Å². The van der Waals surface area contributed by atoms with Gasteiger partial charge in [0.05, 0.1) is 30.0 Å². The van der Waals surface area contributed by atoms with Crippen LogP contribution in [-0.4, -0.2) is 19.7 Å². The Labute approximate surface area is 113 Å². The Morgan fingerprint density at radius 3 is 2.68 bits per heavy atom. The number of hydrogen-bond donors (Lipinski definition) is 1. The number of ether oxygens (including phenoxy) is 1. The van der Waals surface area contributed by atoms with Crippen LogP contribution in [0.1, 0.15) is 20.8 Å². The third kappa shape index (κ3) is 3.75. The largest absolute Gasteiger partial charge is 0.491 e. The lowest BCUT2D eigenvalue weighted by atomic mass is 10.1. The first-order valence-electron chi connectivity index (χ1n) is 6.39. The number of nitrogen functional groups attached to an aromatic ring is 1. The van der Waals surface area contributed by atoms with Crippen molar-refractivity contribution >= 4 is 11.4 Å². The minimum Gasteiger partial charge on any atom is -0.491 e. The molecule has 19 heavy (non-hydrogen) atoms. The van der Waals surface area contributed by atoms with Crippen molar-refractivity contribution in [2.75, 3.05) is 30.3 Å². The van der Waals surface area contributed by atoms with Crippen LogP contribution in [0.5, 0.6) is 5.75 Å². The summed E-state index contributed by atoms with van der Waals surface area (Å²) in [4.78, 5) is 1.95. The molecule has 1 unspecified atom stereocenters. The van der Waals surface area contributed by atoms with Crippen molar-refractivity contribution in [3.8, 4) is 11.8 Å². The van der Waals surface area contributed by atoms with E-state index in [1.807, 2.05) is 18.7 Å². The molecule has 0 fully saturated rings. The number of nitriles is 1. The zero-order valence-corrected chi connectivity index (χ0v) is 11.6. The second-order valence-corrected chi connectivity index (χ2v) is 4.34. The highest BCUT2D eigenvalue weighted by molar-refractivity contribution is 5.70. The first-order valence-corrected chi connectivity index (χ1v) is 6.39. The summed E-state index contributed by atoms with van der Waals surface area (Å²) in [5.41, 5.74) is 6.92. The average molecular weight is 265 g/mol. The summed E-state index contributed by atoms with van der Waals surface area (Å²) in [5, 5.41) is 8.89. The van der Waals surface area contributed by atoms with Crippen LogP contribution < -0.4 is 15.4 Å². The predicted molar refractivity (Wildman–Crippen MR) is 74.6 cm³/mol. The summed E-state index contributed by atoms with van der Waals surface area (Å²) in [7, 11) is 0. The molecule has 4 nitrogen and oxygen atoms in total. The molecular formula is C14H20FN3O. The first kappa shape index (κ1) is 15.1. The maximum absolute atomic E-state index is 13.6. The monoisotopic (exact) mass is 265 g/mol. The predicted octanol–water partition coefficient (Wildman–Crippen LogP) is 2.79. The Balaban J connectivity index is 3.09. The quantitative estimate of drug-likeness (QED) is 0.803. The van der Waals surface area contributed by atoms with Crippen molar-refractivity contribution in [2.24, 2.45) is 5.92 Å². The maximum atomic E-state index is 13.6. The van der Waals surface area contributed by atoms with Crippen molar-refractivity contribution in [1.29, 1.82) is 5.26 Å². The minimum absolute atomic E-state index is 0.125. The third-order valence-electron chi connectivity index (χ3n) is 2.82. The van der Waals surface area contributed by atoms with Gasteiger partial charge in [0.1, 0.15) is 0 Å². The second kappa shape index (κ2) is 6.83. The van der Waals surface area contributed by atoms with Crippen molar-refractivity contribution < 1.29 is 9.13 Å².